The van der Waals surface area contributed by atoms with E-state index in [0.29, 0.717) is 0 Å². The third-order valence-electron chi connectivity index (χ3n) is 3.73. The standard InChI is InChI=1S/C17H17NO/c1-12-9-10-13-6-3-4-7-14(13)16(12)17(19)15-8-5-11-18(15)2/h3-11,17,19H,1-2H3. The van der Waals surface area contributed by atoms with Crippen molar-refractivity contribution in [2.45, 2.75) is 13.0 Å². The monoisotopic (exact) mass is 251 g/mol. The number of aliphatic hydroxyl groups is 1. The first-order chi connectivity index (χ1) is 9.18. The van der Waals surface area contributed by atoms with Crippen molar-refractivity contribution in [3.05, 3.63) is 71.5 Å². The van der Waals surface area contributed by atoms with Gasteiger partial charge < -0.3 is 9.67 Å². The van der Waals surface area contributed by atoms with Crippen LogP contribution in [0.25, 0.3) is 10.8 Å². The molecule has 0 saturated carbocycles. The van der Waals surface area contributed by atoms with E-state index in [9.17, 15) is 5.11 Å². The highest BCUT2D eigenvalue weighted by Crippen LogP contribution is 2.31. The van der Waals surface area contributed by atoms with Crippen molar-refractivity contribution in [2.24, 2.45) is 7.05 Å². The Kier molecular flexibility index (Phi) is 2.88. The summed E-state index contributed by atoms with van der Waals surface area (Å²) in [5, 5.41) is 13.0. The summed E-state index contributed by atoms with van der Waals surface area (Å²) < 4.78 is 1.96. The Bertz CT molecular complexity index is 727. The normalized spacial score (nSPS) is 12.8. The van der Waals surface area contributed by atoms with Crippen LogP contribution in [0.2, 0.25) is 0 Å². The van der Waals surface area contributed by atoms with Crippen LogP contribution in [-0.2, 0) is 7.05 Å². The second-order valence-corrected chi connectivity index (χ2v) is 4.96. The van der Waals surface area contributed by atoms with Crippen LogP contribution in [0, 0.1) is 6.92 Å². The summed E-state index contributed by atoms with van der Waals surface area (Å²) in [6, 6.07) is 16.3. The van der Waals surface area contributed by atoms with E-state index >= 15 is 0 Å². The molecule has 1 heterocycles. The Morgan fingerprint density at radius 2 is 1.79 bits per heavy atom. The molecule has 1 N–H and O–H groups in total. The Labute approximate surface area is 112 Å². The summed E-state index contributed by atoms with van der Waals surface area (Å²) in [5.41, 5.74) is 3.03. The van der Waals surface area contributed by atoms with Crippen molar-refractivity contribution in [2.75, 3.05) is 0 Å². The molecule has 1 unspecified atom stereocenters. The van der Waals surface area contributed by atoms with E-state index in [-0.39, 0.29) is 0 Å². The number of aryl methyl sites for hydroxylation is 2. The Hall–Kier alpha value is -2.06. The predicted molar refractivity (Wildman–Crippen MR) is 78.2 cm³/mol. The third kappa shape index (κ3) is 1.94. The second kappa shape index (κ2) is 4.56. The highest BCUT2D eigenvalue weighted by atomic mass is 16.3. The fourth-order valence-electron chi connectivity index (χ4n) is 2.67. The van der Waals surface area contributed by atoms with Gasteiger partial charge in [-0.1, -0.05) is 36.4 Å². The quantitative estimate of drug-likeness (QED) is 0.740. The van der Waals surface area contributed by atoms with E-state index in [1.807, 2.05) is 49.0 Å². The summed E-state index contributed by atoms with van der Waals surface area (Å²) >= 11 is 0. The van der Waals surface area contributed by atoms with Gasteiger partial charge in [0, 0.05) is 13.2 Å². The Morgan fingerprint density at radius 1 is 1.00 bits per heavy atom. The number of hydrogen-bond donors (Lipinski definition) is 1. The van der Waals surface area contributed by atoms with Crippen LogP contribution in [0.5, 0.6) is 0 Å². The molecule has 96 valence electrons. The zero-order valence-corrected chi connectivity index (χ0v) is 11.2. The summed E-state index contributed by atoms with van der Waals surface area (Å²) in [6.07, 6.45) is 1.37. The van der Waals surface area contributed by atoms with E-state index in [1.165, 1.54) is 0 Å². The van der Waals surface area contributed by atoms with Crippen LogP contribution >= 0.6 is 0 Å². The lowest BCUT2D eigenvalue weighted by atomic mass is 9.94. The molecule has 0 aliphatic heterocycles. The Balaban J connectivity index is 2.24. The van der Waals surface area contributed by atoms with Crippen molar-refractivity contribution in [1.29, 1.82) is 0 Å². The van der Waals surface area contributed by atoms with Gasteiger partial charge in [0.25, 0.3) is 0 Å². The zero-order valence-electron chi connectivity index (χ0n) is 11.2. The highest BCUT2D eigenvalue weighted by Gasteiger charge is 2.17. The topological polar surface area (TPSA) is 25.2 Å². The average molecular weight is 251 g/mol. The molecule has 3 rings (SSSR count). The molecule has 0 fully saturated rings. The zero-order chi connectivity index (χ0) is 13.4. The summed E-state index contributed by atoms with van der Waals surface area (Å²) in [4.78, 5) is 0. The lowest BCUT2D eigenvalue weighted by molar-refractivity contribution is 0.212. The Morgan fingerprint density at radius 3 is 2.53 bits per heavy atom. The van der Waals surface area contributed by atoms with Gasteiger partial charge in [0.15, 0.2) is 0 Å². The number of fused-ring (bicyclic) bond motifs is 1. The molecule has 1 aromatic heterocycles. The molecule has 0 amide bonds. The van der Waals surface area contributed by atoms with Gasteiger partial charge in [-0.25, -0.2) is 0 Å². The molecule has 0 radical (unpaired) electrons. The average Bonchev–Trinajstić information content (AvgIpc) is 2.84. The van der Waals surface area contributed by atoms with E-state index in [1.54, 1.807) is 0 Å². The molecule has 19 heavy (non-hydrogen) atoms. The molecule has 0 spiro atoms. The first-order valence-electron chi connectivity index (χ1n) is 6.46. The molecular weight excluding hydrogens is 234 g/mol. The first kappa shape index (κ1) is 12.0. The molecule has 0 bridgehead atoms. The maximum absolute atomic E-state index is 10.7. The maximum atomic E-state index is 10.7. The van der Waals surface area contributed by atoms with E-state index < -0.39 is 6.10 Å². The molecule has 2 heteroatoms. The fourth-order valence-corrected chi connectivity index (χ4v) is 2.67. The summed E-state index contributed by atoms with van der Waals surface area (Å²) in [7, 11) is 1.96. The van der Waals surface area contributed by atoms with Gasteiger partial charge in [0.05, 0.1) is 5.69 Å². The van der Waals surface area contributed by atoms with E-state index in [4.69, 9.17) is 0 Å². The van der Waals surface area contributed by atoms with Crippen molar-refractivity contribution in [1.82, 2.24) is 4.57 Å². The molecule has 0 aliphatic carbocycles. The largest absolute Gasteiger partial charge is 0.382 e. The van der Waals surface area contributed by atoms with Crippen LogP contribution < -0.4 is 0 Å². The number of nitrogens with zero attached hydrogens (tertiary/aromatic N) is 1. The van der Waals surface area contributed by atoms with Crippen LogP contribution in [0.4, 0.5) is 0 Å². The van der Waals surface area contributed by atoms with Gasteiger partial charge in [-0.15, -0.1) is 0 Å². The van der Waals surface area contributed by atoms with Gasteiger partial charge in [0.2, 0.25) is 0 Å². The van der Waals surface area contributed by atoms with Crippen molar-refractivity contribution < 1.29 is 5.11 Å². The summed E-state index contributed by atoms with van der Waals surface area (Å²) in [5.74, 6) is 0. The minimum atomic E-state index is -0.592. The van der Waals surface area contributed by atoms with Crippen molar-refractivity contribution in [3.63, 3.8) is 0 Å². The maximum Gasteiger partial charge on any atom is 0.120 e. The smallest absolute Gasteiger partial charge is 0.120 e. The minimum Gasteiger partial charge on any atom is -0.382 e. The van der Waals surface area contributed by atoms with Crippen molar-refractivity contribution >= 4 is 10.8 Å². The van der Waals surface area contributed by atoms with Gasteiger partial charge in [-0.05, 0) is 41.0 Å². The number of aromatic nitrogens is 1. The molecule has 0 aliphatic rings. The number of benzene rings is 2. The van der Waals surface area contributed by atoms with E-state index in [2.05, 4.69) is 24.3 Å². The van der Waals surface area contributed by atoms with Crippen molar-refractivity contribution in [3.8, 4) is 0 Å². The number of rotatable bonds is 2. The van der Waals surface area contributed by atoms with Gasteiger partial charge >= 0.3 is 0 Å². The molecule has 3 aromatic rings. The fraction of sp³-hybridized carbons (Fsp3) is 0.176. The predicted octanol–water partition coefficient (Wildman–Crippen LogP) is 3.57. The lowest BCUT2D eigenvalue weighted by Gasteiger charge is -2.17. The second-order valence-electron chi connectivity index (χ2n) is 4.96. The van der Waals surface area contributed by atoms with Gasteiger partial charge in [-0.2, -0.15) is 0 Å². The van der Waals surface area contributed by atoms with Crippen LogP contribution in [-0.4, -0.2) is 9.67 Å². The van der Waals surface area contributed by atoms with Crippen LogP contribution in [0.3, 0.4) is 0 Å². The first-order valence-corrected chi connectivity index (χ1v) is 6.46. The highest BCUT2D eigenvalue weighted by molar-refractivity contribution is 5.87. The lowest BCUT2D eigenvalue weighted by Crippen LogP contribution is -2.07. The molecule has 2 nitrogen and oxygen atoms in total. The molecule has 1 atom stereocenters. The van der Waals surface area contributed by atoms with Gasteiger partial charge in [-0.3, -0.25) is 0 Å². The van der Waals surface area contributed by atoms with Crippen LogP contribution in [0.1, 0.15) is 22.9 Å². The van der Waals surface area contributed by atoms with Crippen LogP contribution in [0.15, 0.2) is 54.7 Å². The molecule has 0 saturated heterocycles. The van der Waals surface area contributed by atoms with Gasteiger partial charge in [0.1, 0.15) is 6.10 Å². The SMILES string of the molecule is Cc1ccc2ccccc2c1C(O)c1cccn1C. The minimum absolute atomic E-state index is 0.592. The third-order valence-corrected chi connectivity index (χ3v) is 3.73. The molecule has 2 aromatic carbocycles. The number of aliphatic hydroxyl groups excluding tert-OH is 1. The van der Waals surface area contributed by atoms with E-state index in [0.717, 1.165) is 27.6 Å². The summed E-state index contributed by atoms with van der Waals surface area (Å²) in [6.45, 7) is 2.05. The molecular formula is C17H17NO. The number of hydrogen-bond acceptors (Lipinski definition) is 1.